The van der Waals surface area contributed by atoms with E-state index in [4.69, 9.17) is 0 Å². The molecule has 1 unspecified atom stereocenters. The molecule has 4 nitrogen and oxygen atoms in total. The van der Waals surface area contributed by atoms with Crippen LogP contribution >= 0.6 is 0 Å². The molecule has 0 amide bonds. The van der Waals surface area contributed by atoms with Gasteiger partial charge in [0.25, 0.3) is 0 Å². The largest absolute Gasteiger partial charge is 0.383 e. The molecule has 94 valence electrons. The van der Waals surface area contributed by atoms with Gasteiger partial charge in [-0.25, -0.2) is 13.1 Å². The number of aliphatic hydroxyl groups is 1. The van der Waals surface area contributed by atoms with Crippen molar-refractivity contribution >= 4 is 10.0 Å². The molecule has 2 rings (SSSR count). The second kappa shape index (κ2) is 4.40. The first-order valence-electron chi connectivity index (χ1n) is 5.64. The van der Waals surface area contributed by atoms with E-state index in [9.17, 15) is 13.5 Å². The van der Waals surface area contributed by atoms with Crippen LogP contribution < -0.4 is 4.72 Å². The number of rotatable bonds is 5. The van der Waals surface area contributed by atoms with E-state index in [0.717, 1.165) is 24.7 Å². The molecule has 0 aliphatic heterocycles. The Labute approximate surface area is 102 Å². The highest BCUT2D eigenvalue weighted by atomic mass is 32.2. The maximum Gasteiger partial charge on any atom is 0.208 e. The molecule has 1 aromatic rings. The summed E-state index contributed by atoms with van der Waals surface area (Å²) in [6.07, 6.45) is 2.99. The third-order valence-electron chi connectivity index (χ3n) is 3.13. The van der Waals surface area contributed by atoms with Crippen LogP contribution in [0.1, 0.15) is 18.4 Å². The number of nitrogens with one attached hydrogen (secondary N) is 1. The number of hydrogen-bond donors (Lipinski definition) is 2. The molecule has 0 radical (unpaired) electrons. The van der Waals surface area contributed by atoms with E-state index in [1.165, 1.54) is 0 Å². The molecule has 1 atom stereocenters. The maximum atomic E-state index is 11.1. The summed E-state index contributed by atoms with van der Waals surface area (Å²) < 4.78 is 24.7. The molecule has 0 saturated heterocycles. The minimum atomic E-state index is -3.28. The van der Waals surface area contributed by atoms with Crippen LogP contribution in [0.25, 0.3) is 0 Å². The average Bonchev–Trinajstić information content (AvgIpc) is 3.10. The first-order chi connectivity index (χ1) is 7.92. The van der Waals surface area contributed by atoms with Gasteiger partial charge in [0.1, 0.15) is 5.60 Å². The molecule has 1 fully saturated rings. The van der Waals surface area contributed by atoms with E-state index in [1.54, 1.807) is 0 Å². The molecule has 2 N–H and O–H groups in total. The van der Waals surface area contributed by atoms with Crippen molar-refractivity contribution in [2.75, 3.05) is 12.8 Å². The van der Waals surface area contributed by atoms with E-state index in [0.29, 0.717) is 0 Å². The molecule has 0 heterocycles. The fourth-order valence-corrected chi connectivity index (χ4v) is 2.49. The molecule has 17 heavy (non-hydrogen) atoms. The van der Waals surface area contributed by atoms with E-state index < -0.39 is 15.6 Å². The zero-order valence-electron chi connectivity index (χ0n) is 9.76. The summed E-state index contributed by atoms with van der Waals surface area (Å²) in [4.78, 5) is 0. The predicted octanol–water partition coefficient (Wildman–Crippen LogP) is 0.833. The molecule has 1 aliphatic carbocycles. The normalized spacial score (nSPS) is 19.9. The van der Waals surface area contributed by atoms with E-state index in [1.807, 2.05) is 30.3 Å². The van der Waals surface area contributed by atoms with Crippen molar-refractivity contribution in [3.63, 3.8) is 0 Å². The molecule has 0 bridgehead atoms. The zero-order valence-corrected chi connectivity index (χ0v) is 10.6. The quantitative estimate of drug-likeness (QED) is 0.819. The van der Waals surface area contributed by atoms with Crippen LogP contribution in [0.3, 0.4) is 0 Å². The fraction of sp³-hybridized carbons (Fsp3) is 0.500. The van der Waals surface area contributed by atoms with Gasteiger partial charge in [-0.1, -0.05) is 30.3 Å². The van der Waals surface area contributed by atoms with Gasteiger partial charge >= 0.3 is 0 Å². The van der Waals surface area contributed by atoms with Crippen LogP contribution in [0.15, 0.2) is 30.3 Å². The van der Waals surface area contributed by atoms with E-state index in [-0.39, 0.29) is 12.5 Å². The van der Waals surface area contributed by atoms with Gasteiger partial charge in [-0.15, -0.1) is 0 Å². The van der Waals surface area contributed by atoms with E-state index in [2.05, 4.69) is 4.72 Å². The smallest absolute Gasteiger partial charge is 0.208 e. The summed E-state index contributed by atoms with van der Waals surface area (Å²) in [6, 6.07) is 9.25. The maximum absolute atomic E-state index is 11.1. The van der Waals surface area contributed by atoms with Gasteiger partial charge in [-0.2, -0.15) is 0 Å². The van der Waals surface area contributed by atoms with Gasteiger partial charge < -0.3 is 5.11 Å². The fourth-order valence-electron chi connectivity index (χ4n) is 2.01. The first-order valence-corrected chi connectivity index (χ1v) is 7.53. The topological polar surface area (TPSA) is 66.4 Å². The number of benzene rings is 1. The molecule has 5 heteroatoms. The highest BCUT2D eigenvalue weighted by Crippen LogP contribution is 2.45. The van der Waals surface area contributed by atoms with Gasteiger partial charge in [0.05, 0.1) is 6.26 Å². The number of hydrogen-bond acceptors (Lipinski definition) is 3. The Morgan fingerprint density at radius 1 is 1.35 bits per heavy atom. The summed E-state index contributed by atoms with van der Waals surface area (Å²) in [6.45, 7) is 0.0422. The lowest BCUT2D eigenvalue weighted by Gasteiger charge is -2.28. The molecule has 0 spiro atoms. The Bertz CT molecular complexity index is 482. The Morgan fingerprint density at radius 2 is 1.94 bits per heavy atom. The average molecular weight is 255 g/mol. The van der Waals surface area contributed by atoms with Gasteiger partial charge in [0.2, 0.25) is 10.0 Å². The van der Waals surface area contributed by atoms with Crippen LogP contribution in [0.5, 0.6) is 0 Å². The van der Waals surface area contributed by atoms with Crippen molar-refractivity contribution in [2.45, 2.75) is 18.4 Å². The van der Waals surface area contributed by atoms with Crippen LogP contribution in [0.2, 0.25) is 0 Å². The monoisotopic (exact) mass is 255 g/mol. The summed E-state index contributed by atoms with van der Waals surface area (Å²) in [5.41, 5.74) is -0.302. The van der Waals surface area contributed by atoms with Crippen molar-refractivity contribution in [3.8, 4) is 0 Å². The van der Waals surface area contributed by atoms with Crippen molar-refractivity contribution < 1.29 is 13.5 Å². The lowest BCUT2D eigenvalue weighted by Crippen LogP contribution is -2.42. The van der Waals surface area contributed by atoms with Crippen molar-refractivity contribution in [2.24, 2.45) is 5.92 Å². The van der Waals surface area contributed by atoms with Crippen LogP contribution in [0, 0.1) is 5.92 Å². The minimum absolute atomic E-state index is 0.0422. The molecule has 0 aromatic heterocycles. The van der Waals surface area contributed by atoms with Gasteiger partial charge in [-0.05, 0) is 24.3 Å². The highest BCUT2D eigenvalue weighted by Gasteiger charge is 2.45. The Hall–Kier alpha value is -0.910. The predicted molar refractivity (Wildman–Crippen MR) is 65.9 cm³/mol. The summed E-state index contributed by atoms with van der Waals surface area (Å²) >= 11 is 0. The number of sulfonamides is 1. The van der Waals surface area contributed by atoms with Crippen LogP contribution in [-0.4, -0.2) is 26.3 Å². The van der Waals surface area contributed by atoms with Gasteiger partial charge in [0.15, 0.2) is 0 Å². The molecule has 1 saturated carbocycles. The summed E-state index contributed by atoms with van der Waals surface area (Å²) in [7, 11) is -3.28. The highest BCUT2D eigenvalue weighted by molar-refractivity contribution is 7.88. The van der Waals surface area contributed by atoms with E-state index >= 15 is 0 Å². The Kier molecular flexibility index (Phi) is 3.25. The lowest BCUT2D eigenvalue weighted by molar-refractivity contribution is 0.0186. The van der Waals surface area contributed by atoms with Crippen LogP contribution in [0.4, 0.5) is 0 Å². The Balaban J connectivity index is 2.21. The van der Waals surface area contributed by atoms with Gasteiger partial charge in [0, 0.05) is 6.54 Å². The molecule has 1 aromatic carbocycles. The summed E-state index contributed by atoms with van der Waals surface area (Å²) in [5, 5.41) is 10.7. The SMILES string of the molecule is CS(=O)(=O)NCC(O)(c1ccccc1)C1CC1. The molecular weight excluding hydrogens is 238 g/mol. The molecular formula is C12H17NO3S. The minimum Gasteiger partial charge on any atom is -0.383 e. The van der Waals surface area contributed by atoms with Gasteiger partial charge in [-0.3, -0.25) is 0 Å². The zero-order chi connectivity index (χ0) is 12.5. The summed E-state index contributed by atoms with van der Waals surface area (Å²) in [5.74, 6) is 0.152. The lowest BCUT2D eigenvalue weighted by atomic mass is 9.89. The van der Waals surface area contributed by atoms with Crippen molar-refractivity contribution in [1.82, 2.24) is 4.72 Å². The third-order valence-corrected chi connectivity index (χ3v) is 3.80. The van der Waals surface area contributed by atoms with Crippen molar-refractivity contribution in [1.29, 1.82) is 0 Å². The standard InChI is InChI=1S/C12H17NO3S/c1-17(15,16)13-9-12(14,11-7-8-11)10-5-3-2-4-6-10/h2-6,11,13-14H,7-9H2,1H3. The second-order valence-electron chi connectivity index (χ2n) is 4.66. The second-order valence-corrected chi connectivity index (χ2v) is 6.49. The Morgan fingerprint density at radius 3 is 2.41 bits per heavy atom. The third kappa shape index (κ3) is 3.06. The molecule has 1 aliphatic rings. The van der Waals surface area contributed by atoms with Crippen LogP contribution in [-0.2, 0) is 15.6 Å². The van der Waals surface area contributed by atoms with Crippen molar-refractivity contribution in [3.05, 3.63) is 35.9 Å². The first kappa shape index (κ1) is 12.5.